The summed E-state index contributed by atoms with van der Waals surface area (Å²) in [6.45, 7) is 5.05. The van der Waals surface area contributed by atoms with E-state index in [1.165, 1.54) is 12.1 Å². The molecule has 2 aliphatic rings. The van der Waals surface area contributed by atoms with Crippen LogP contribution in [0.15, 0.2) is 36.4 Å². The normalized spacial score (nSPS) is 20.1. The first-order chi connectivity index (χ1) is 14.8. The van der Waals surface area contributed by atoms with E-state index in [2.05, 4.69) is 13.8 Å². The summed E-state index contributed by atoms with van der Waals surface area (Å²) in [4.78, 5) is 52.5. The van der Waals surface area contributed by atoms with Crippen LogP contribution in [-0.4, -0.2) is 48.0 Å². The minimum atomic E-state index is -0.800. The maximum atomic E-state index is 12.9. The van der Waals surface area contributed by atoms with Crippen LogP contribution in [0, 0.1) is 11.8 Å². The van der Waals surface area contributed by atoms with Gasteiger partial charge in [0.25, 0.3) is 5.91 Å². The van der Waals surface area contributed by atoms with E-state index in [0.29, 0.717) is 30.5 Å². The van der Waals surface area contributed by atoms with Crippen LogP contribution >= 0.6 is 0 Å². The summed E-state index contributed by atoms with van der Waals surface area (Å²) in [6.07, 6.45) is 1.06. The van der Waals surface area contributed by atoms with Crippen molar-refractivity contribution in [3.8, 4) is 0 Å². The van der Waals surface area contributed by atoms with E-state index in [0.717, 1.165) is 6.42 Å². The van der Waals surface area contributed by atoms with Gasteiger partial charge in [-0.3, -0.25) is 14.4 Å². The van der Waals surface area contributed by atoms with Gasteiger partial charge in [0.15, 0.2) is 18.2 Å². The predicted octanol–water partition coefficient (Wildman–Crippen LogP) is 2.71. The number of ketones is 2. The van der Waals surface area contributed by atoms with Crippen molar-refractivity contribution in [2.45, 2.75) is 20.3 Å². The van der Waals surface area contributed by atoms with Crippen LogP contribution in [-0.2, 0) is 9.53 Å². The van der Waals surface area contributed by atoms with Crippen molar-refractivity contribution < 1.29 is 23.9 Å². The van der Waals surface area contributed by atoms with Crippen LogP contribution in [0.5, 0.6) is 0 Å². The number of piperidine rings is 1. The Kier molecular flexibility index (Phi) is 5.35. The van der Waals surface area contributed by atoms with E-state index in [-0.39, 0.29) is 39.6 Å². The first kappa shape index (κ1) is 20.8. The van der Waals surface area contributed by atoms with Crippen molar-refractivity contribution in [1.29, 1.82) is 0 Å². The van der Waals surface area contributed by atoms with Crippen LogP contribution < -0.4 is 5.73 Å². The predicted molar refractivity (Wildman–Crippen MR) is 114 cm³/mol. The molecule has 0 aromatic heterocycles. The number of rotatable bonds is 3. The number of carbonyl (C=O) groups excluding carboxylic acids is 4. The average molecular weight is 420 g/mol. The minimum Gasteiger partial charge on any atom is -0.452 e. The van der Waals surface area contributed by atoms with Gasteiger partial charge in [0.05, 0.1) is 16.8 Å². The number of nitrogens with zero attached hydrogens (tertiary/aromatic N) is 1. The molecule has 7 nitrogen and oxygen atoms in total. The van der Waals surface area contributed by atoms with Crippen LogP contribution in [0.4, 0.5) is 5.69 Å². The Morgan fingerprint density at radius 1 is 0.968 bits per heavy atom. The molecule has 0 saturated carbocycles. The topological polar surface area (TPSA) is 107 Å². The van der Waals surface area contributed by atoms with Crippen molar-refractivity contribution in [1.82, 2.24) is 4.90 Å². The van der Waals surface area contributed by atoms with Gasteiger partial charge >= 0.3 is 5.97 Å². The Balaban J connectivity index is 1.53. The molecule has 1 heterocycles. The number of nitrogen functional groups attached to an aromatic ring is 1. The second-order valence-electron chi connectivity index (χ2n) is 8.47. The third-order valence-electron chi connectivity index (χ3n) is 5.90. The van der Waals surface area contributed by atoms with E-state index in [1.54, 1.807) is 29.2 Å². The van der Waals surface area contributed by atoms with Gasteiger partial charge in [0.1, 0.15) is 0 Å². The molecule has 0 unspecified atom stereocenters. The van der Waals surface area contributed by atoms with Crippen molar-refractivity contribution >= 4 is 29.1 Å². The lowest BCUT2D eigenvalue weighted by atomic mass is 9.82. The molecule has 31 heavy (non-hydrogen) atoms. The molecule has 4 rings (SSSR count). The second-order valence-corrected chi connectivity index (χ2v) is 8.47. The zero-order valence-corrected chi connectivity index (χ0v) is 17.5. The summed E-state index contributed by atoms with van der Waals surface area (Å²) >= 11 is 0. The monoisotopic (exact) mass is 420 g/mol. The van der Waals surface area contributed by atoms with Gasteiger partial charge in [0, 0.05) is 29.8 Å². The molecule has 1 saturated heterocycles. The van der Waals surface area contributed by atoms with Crippen molar-refractivity contribution in [2.75, 3.05) is 25.4 Å². The van der Waals surface area contributed by atoms with Gasteiger partial charge in [0.2, 0.25) is 0 Å². The molecule has 2 aromatic rings. The van der Waals surface area contributed by atoms with Crippen LogP contribution in [0.3, 0.4) is 0 Å². The first-order valence-corrected chi connectivity index (χ1v) is 10.3. The third-order valence-corrected chi connectivity index (χ3v) is 5.90. The van der Waals surface area contributed by atoms with Gasteiger partial charge in [-0.05, 0) is 30.4 Å². The first-order valence-electron chi connectivity index (χ1n) is 10.3. The highest BCUT2D eigenvalue weighted by molar-refractivity contribution is 6.30. The molecule has 2 N–H and O–H groups in total. The zero-order chi connectivity index (χ0) is 22.3. The van der Waals surface area contributed by atoms with E-state index in [1.807, 2.05) is 0 Å². The highest BCUT2D eigenvalue weighted by atomic mass is 16.5. The molecule has 2 atom stereocenters. The number of nitrogens with two attached hydrogens (primary N) is 1. The summed E-state index contributed by atoms with van der Waals surface area (Å²) in [5.41, 5.74) is 6.71. The Bertz CT molecular complexity index is 1100. The van der Waals surface area contributed by atoms with E-state index < -0.39 is 18.4 Å². The number of benzene rings is 2. The van der Waals surface area contributed by atoms with Crippen LogP contribution in [0.2, 0.25) is 0 Å². The largest absolute Gasteiger partial charge is 0.452 e. The fourth-order valence-electron chi connectivity index (χ4n) is 4.55. The molecular formula is C24H24N2O5. The van der Waals surface area contributed by atoms with Gasteiger partial charge in [-0.1, -0.05) is 38.1 Å². The summed E-state index contributed by atoms with van der Waals surface area (Å²) in [6, 6.07) is 9.27. The summed E-state index contributed by atoms with van der Waals surface area (Å²) < 4.78 is 5.21. The standard InChI is InChI=1S/C24H24N2O5/c1-13-9-14(2)11-26(10-13)19(27)12-31-24(30)18-8-7-17-20(21(18)25)23(29)16-6-4-3-5-15(16)22(17)28/h3-8,13-14H,9-12,25H2,1-2H3/t13-,14-/m0/s1. The third kappa shape index (κ3) is 3.71. The van der Waals surface area contributed by atoms with Crippen molar-refractivity contribution in [3.63, 3.8) is 0 Å². The average Bonchev–Trinajstić information content (AvgIpc) is 2.74. The quantitative estimate of drug-likeness (QED) is 0.516. The summed E-state index contributed by atoms with van der Waals surface area (Å²) in [5, 5.41) is 0. The molecule has 1 aliphatic carbocycles. The van der Waals surface area contributed by atoms with Gasteiger partial charge < -0.3 is 15.4 Å². The van der Waals surface area contributed by atoms with Crippen molar-refractivity contribution in [3.05, 3.63) is 64.2 Å². The van der Waals surface area contributed by atoms with E-state index in [9.17, 15) is 19.2 Å². The SMILES string of the molecule is C[C@H]1C[C@H](C)CN(C(=O)COC(=O)c2ccc3c(c2N)C(=O)c2ccccc2C3=O)C1. The molecule has 1 aliphatic heterocycles. The van der Waals surface area contributed by atoms with Crippen LogP contribution in [0.25, 0.3) is 0 Å². The number of carbonyl (C=O) groups is 4. The molecule has 160 valence electrons. The molecule has 0 bridgehead atoms. The maximum Gasteiger partial charge on any atom is 0.340 e. The number of ether oxygens (including phenoxy) is 1. The number of hydrogen-bond donors (Lipinski definition) is 1. The fraction of sp³-hybridized carbons (Fsp3) is 0.333. The lowest BCUT2D eigenvalue weighted by molar-refractivity contribution is -0.137. The summed E-state index contributed by atoms with van der Waals surface area (Å²) in [5.74, 6) is -1.00. The second kappa shape index (κ2) is 7.98. The number of esters is 1. The highest BCUT2D eigenvalue weighted by Crippen LogP contribution is 2.33. The number of hydrogen-bond acceptors (Lipinski definition) is 6. The Morgan fingerprint density at radius 3 is 2.23 bits per heavy atom. The smallest absolute Gasteiger partial charge is 0.340 e. The van der Waals surface area contributed by atoms with E-state index in [4.69, 9.17) is 10.5 Å². The molecule has 1 amide bonds. The van der Waals surface area contributed by atoms with Gasteiger partial charge in [-0.25, -0.2) is 4.79 Å². The molecule has 2 aromatic carbocycles. The van der Waals surface area contributed by atoms with Gasteiger partial charge in [-0.15, -0.1) is 0 Å². The minimum absolute atomic E-state index is 0.00292. The number of anilines is 1. The lowest BCUT2D eigenvalue weighted by Crippen LogP contribution is -2.44. The summed E-state index contributed by atoms with van der Waals surface area (Å²) in [7, 11) is 0. The number of amides is 1. The Morgan fingerprint density at radius 2 is 1.58 bits per heavy atom. The molecule has 1 fully saturated rings. The highest BCUT2D eigenvalue weighted by Gasteiger charge is 2.33. The fourth-order valence-corrected chi connectivity index (χ4v) is 4.55. The molecule has 0 spiro atoms. The van der Waals surface area contributed by atoms with E-state index >= 15 is 0 Å². The number of likely N-dealkylation sites (tertiary alicyclic amines) is 1. The number of fused-ring (bicyclic) bond motifs is 2. The molecular weight excluding hydrogens is 396 g/mol. The lowest BCUT2D eigenvalue weighted by Gasteiger charge is -2.34. The van der Waals surface area contributed by atoms with Crippen LogP contribution in [0.1, 0.15) is 62.5 Å². The molecule has 0 radical (unpaired) electrons. The zero-order valence-electron chi connectivity index (χ0n) is 17.5. The van der Waals surface area contributed by atoms with Crippen molar-refractivity contribution in [2.24, 2.45) is 11.8 Å². The Labute approximate surface area is 180 Å². The van der Waals surface area contributed by atoms with Gasteiger partial charge in [-0.2, -0.15) is 0 Å². The maximum absolute atomic E-state index is 12.9. The molecule has 7 heteroatoms. The Hall–Kier alpha value is -3.48.